The van der Waals surface area contributed by atoms with E-state index in [0.717, 1.165) is 11.4 Å². The summed E-state index contributed by atoms with van der Waals surface area (Å²) < 4.78 is 0. The summed E-state index contributed by atoms with van der Waals surface area (Å²) in [6.07, 6.45) is 0.354. The number of aliphatic hydroxyl groups is 1. The number of nitrogens with one attached hydrogen (secondary N) is 1. The molecule has 0 fully saturated rings. The summed E-state index contributed by atoms with van der Waals surface area (Å²) >= 11 is 0. The first-order valence-corrected chi connectivity index (χ1v) is 6.44. The number of rotatable bonds is 3. The molecule has 0 radical (unpaired) electrons. The van der Waals surface area contributed by atoms with Crippen molar-refractivity contribution in [3.8, 4) is 0 Å². The van der Waals surface area contributed by atoms with Gasteiger partial charge in [-0.25, -0.2) is 0 Å². The van der Waals surface area contributed by atoms with Crippen molar-refractivity contribution in [1.82, 2.24) is 0 Å². The molecule has 4 nitrogen and oxygen atoms in total. The number of fused-ring (bicyclic) bond motifs is 1. The molecule has 2 atom stereocenters. The van der Waals surface area contributed by atoms with Gasteiger partial charge in [-0.15, -0.1) is 0 Å². The molecule has 18 heavy (non-hydrogen) atoms. The third kappa shape index (κ3) is 2.64. The summed E-state index contributed by atoms with van der Waals surface area (Å²) in [5.74, 6) is -0.0441. The Hall–Kier alpha value is -1.55. The van der Waals surface area contributed by atoms with Crippen LogP contribution in [0.5, 0.6) is 0 Å². The molecule has 4 heteroatoms. The van der Waals surface area contributed by atoms with E-state index >= 15 is 0 Å². The maximum Gasteiger partial charge on any atom is 0.229 e. The van der Waals surface area contributed by atoms with E-state index in [1.54, 1.807) is 0 Å². The molecule has 1 aromatic rings. The highest BCUT2D eigenvalue weighted by atomic mass is 16.3. The lowest BCUT2D eigenvalue weighted by molar-refractivity contribution is -0.119. The van der Waals surface area contributed by atoms with Crippen molar-refractivity contribution < 1.29 is 9.90 Å². The fourth-order valence-corrected chi connectivity index (χ4v) is 2.18. The second-order valence-electron chi connectivity index (χ2n) is 4.87. The van der Waals surface area contributed by atoms with Gasteiger partial charge < -0.3 is 15.3 Å². The highest BCUT2D eigenvalue weighted by Gasteiger charge is 2.25. The molecule has 1 amide bonds. The molecular formula is C14H20N2O2. The number of hydrogen-bond donors (Lipinski definition) is 2. The first kappa shape index (κ1) is 12.9. The largest absolute Gasteiger partial charge is 0.391 e. The summed E-state index contributed by atoms with van der Waals surface area (Å²) in [6, 6.07) is 7.74. The number of anilines is 2. The zero-order chi connectivity index (χ0) is 13.1. The van der Waals surface area contributed by atoms with E-state index in [-0.39, 0.29) is 17.9 Å². The molecule has 0 saturated heterocycles. The summed E-state index contributed by atoms with van der Waals surface area (Å²) in [6.45, 7) is 5.07. The molecule has 0 aliphatic carbocycles. The molecule has 1 aromatic carbocycles. The first-order valence-electron chi connectivity index (χ1n) is 6.44. The minimum absolute atomic E-state index is 0.0379. The minimum atomic E-state index is -0.363. The number of hydrogen-bond acceptors (Lipinski definition) is 3. The van der Waals surface area contributed by atoms with Crippen molar-refractivity contribution in [3.05, 3.63) is 24.3 Å². The van der Waals surface area contributed by atoms with E-state index in [1.165, 1.54) is 0 Å². The zero-order valence-electron chi connectivity index (χ0n) is 10.9. The Bertz CT molecular complexity index is 434. The van der Waals surface area contributed by atoms with E-state index < -0.39 is 0 Å². The maximum atomic E-state index is 11.9. The highest BCUT2D eigenvalue weighted by molar-refractivity contribution is 5.97. The first-order chi connectivity index (χ1) is 8.61. The number of amides is 1. The van der Waals surface area contributed by atoms with Gasteiger partial charge in [-0.1, -0.05) is 26.0 Å². The molecule has 1 aliphatic heterocycles. The number of nitrogens with zero attached hydrogens (tertiary/aromatic N) is 1. The van der Waals surface area contributed by atoms with Crippen molar-refractivity contribution in [3.63, 3.8) is 0 Å². The molecule has 98 valence electrons. The SMILES string of the molecule is CC[C@@H](O)CN1CC(C)C(=O)Nc2ccccc21. The van der Waals surface area contributed by atoms with Crippen LogP contribution >= 0.6 is 0 Å². The van der Waals surface area contributed by atoms with Gasteiger partial charge >= 0.3 is 0 Å². The fourth-order valence-electron chi connectivity index (χ4n) is 2.18. The lowest BCUT2D eigenvalue weighted by Crippen LogP contribution is -2.36. The topological polar surface area (TPSA) is 52.6 Å². The van der Waals surface area contributed by atoms with E-state index in [4.69, 9.17) is 0 Å². The van der Waals surface area contributed by atoms with Crippen LogP contribution in [-0.4, -0.2) is 30.2 Å². The second-order valence-corrected chi connectivity index (χ2v) is 4.87. The number of aliphatic hydroxyl groups excluding tert-OH is 1. The standard InChI is InChI=1S/C14H20N2O2/c1-3-11(17)9-16-8-10(2)14(18)15-12-6-4-5-7-13(12)16/h4-7,10-11,17H,3,8-9H2,1-2H3,(H,15,18)/t10?,11-/m1/s1. The fraction of sp³-hybridized carbons (Fsp3) is 0.500. The van der Waals surface area contributed by atoms with Crippen LogP contribution in [0.25, 0.3) is 0 Å². The average molecular weight is 248 g/mol. The molecular weight excluding hydrogens is 228 g/mol. The molecule has 1 heterocycles. The van der Waals surface area contributed by atoms with E-state index in [9.17, 15) is 9.90 Å². The third-order valence-corrected chi connectivity index (χ3v) is 3.35. The van der Waals surface area contributed by atoms with E-state index in [2.05, 4.69) is 10.2 Å². The van der Waals surface area contributed by atoms with Gasteiger partial charge in [0.15, 0.2) is 0 Å². The molecule has 0 saturated carbocycles. The predicted molar refractivity (Wildman–Crippen MR) is 72.7 cm³/mol. The van der Waals surface area contributed by atoms with Gasteiger partial charge in [0.25, 0.3) is 0 Å². The van der Waals surface area contributed by atoms with Crippen molar-refractivity contribution >= 4 is 17.3 Å². The minimum Gasteiger partial charge on any atom is -0.391 e. The molecule has 2 rings (SSSR count). The smallest absolute Gasteiger partial charge is 0.229 e. The number of β-amino-alcohol motifs (C(OH)–C–C–N with tert-alkyl or cyclic N) is 1. The summed E-state index contributed by atoms with van der Waals surface area (Å²) in [5.41, 5.74) is 1.82. The number of benzene rings is 1. The Labute approximate surface area is 108 Å². The van der Waals surface area contributed by atoms with Gasteiger partial charge in [0.2, 0.25) is 5.91 Å². The van der Waals surface area contributed by atoms with Gasteiger partial charge in [0, 0.05) is 13.1 Å². The summed E-state index contributed by atoms with van der Waals surface area (Å²) in [4.78, 5) is 14.0. The van der Waals surface area contributed by atoms with Crippen LogP contribution in [0.2, 0.25) is 0 Å². The monoisotopic (exact) mass is 248 g/mol. The Morgan fingerprint density at radius 2 is 2.22 bits per heavy atom. The van der Waals surface area contributed by atoms with Gasteiger partial charge in [-0.2, -0.15) is 0 Å². The molecule has 0 spiro atoms. The highest BCUT2D eigenvalue weighted by Crippen LogP contribution is 2.29. The van der Waals surface area contributed by atoms with Gasteiger partial charge in [-0.3, -0.25) is 4.79 Å². The van der Waals surface area contributed by atoms with Crippen molar-refractivity contribution in [2.45, 2.75) is 26.4 Å². The molecule has 1 aliphatic rings. The van der Waals surface area contributed by atoms with E-state index in [0.29, 0.717) is 19.5 Å². The normalized spacial score (nSPS) is 20.9. The molecule has 1 unspecified atom stereocenters. The Morgan fingerprint density at radius 3 is 2.94 bits per heavy atom. The zero-order valence-corrected chi connectivity index (χ0v) is 10.9. The van der Waals surface area contributed by atoms with Crippen LogP contribution in [0.15, 0.2) is 24.3 Å². The van der Waals surface area contributed by atoms with Gasteiger partial charge in [0.05, 0.1) is 23.4 Å². The Balaban J connectivity index is 2.30. The number of para-hydroxylation sites is 2. The van der Waals surface area contributed by atoms with Crippen molar-refractivity contribution in [2.24, 2.45) is 5.92 Å². The van der Waals surface area contributed by atoms with E-state index in [1.807, 2.05) is 38.1 Å². The summed E-state index contributed by atoms with van der Waals surface area (Å²) in [7, 11) is 0. The quantitative estimate of drug-likeness (QED) is 0.858. The second kappa shape index (κ2) is 5.40. The van der Waals surface area contributed by atoms with Crippen LogP contribution in [0, 0.1) is 5.92 Å². The van der Waals surface area contributed by atoms with Crippen molar-refractivity contribution in [1.29, 1.82) is 0 Å². The summed E-state index contributed by atoms with van der Waals surface area (Å²) in [5, 5.41) is 12.8. The lowest BCUT2D eigenvalue weighted by Gasteiger charge is -2.27. The Morgan fingerprint density at radius 1 is 1.50 bits per heavy atom. The molecule has 0 bridgehead atoms. The van der Waals surface area contributed by atoms with Gasteiger partial charge in [0.1, 0.15) is 0 Å². The lowest BCUT2D eigenvalue weighted by atomic mass is 10.1. The van der Waals surface area contributed by atoms with Crippen LogP contribution < -0.4 is 10.2 Å². The molecule has 2 N–H and O–H groups in total. The van der Waals surface area contributed by atoms with Crippen LogP contribution in [0.3, 0.4) is 0 Å². The van der Waals surface area contributed by atoms with Crippen LogP contribution in [0.4, 0.5) is 11.4 Å². The van der Waals surface area contributed by atoms with Crippen LogP contribution in [0.1, 0.15) is 20.3 Å². The number of carbonyl (C=O) groups is 1. The number of carbonyl (C=O) groups excluding carboxylic acids is 1. The van der Waals surface area contributed by atoms with Crippen LogP contribution in [-0.2, 0) is 4.79 Å². The third-order valence-electron chi connectivity index (χ3n) is 3.35. The maximum absolute atomic E-state index is 11.9. The average Bonchev–Trinajstić information content (AvgIpc) is 2.48. The van der Waals surface area contributed by atoms with Gasteiger partial charge in [-0.05, 0) is 18.6 Å². The van der Waals surface area contributed by atoms with Crippen molar-refractivity contribution in [2.75, 3.05) is 23.3 Å². The molecule has 0 aromatic heterocycles. The Kier molecular flexibility index (Phi) is 3.87. The predicted octanol–water partition coefficient (Wildman–Crippen LogP) is 1.85.